The monoisotopic (exact) mass is 315 g/mol. The van der Waals surface area contributed by atoms with E-state index in [-0.39, 0.29) is 5.91 Å². The minimum absolute atomic E-state index is 0.147. The summed E-state index contributed by atoms with van der Waals surface area (Å²) in [4.78, 5) is 14.4. The number of carbonyl (C=O) groups excluding carboxylic acids is 1. The van der Waals surface area contributed by atoms with Gasteiger partial charge in [-0.3, -0.25) is 4.79 Å². The van der Waals surface area contributed by atoms with E-state index in [4.69, 9.17) is 14.2 Å². The summed E-state index contributed by atoms with van der Waals surface area (Å²) < 4.78 is 15.9. The normalized spacial score (nSPS) is 10.1. The quantitative estimate of drug-likeness (QED) is 0.822. The van der Waals surface area contributed by atoms with E-state index in [2.05, 4.69) is 0 Å². The van der Waals surface area contributed by atoms with Crippen molar-refractivity contribution in [2.24, 2.45) is 0 Å². The Kier molecular flexibility index (Phi) is 5.46. The molecule has 0 atom stereocenters. The van der Waals surface area contributed by atoms with Gasteiger partial charge in [0.2, 0.25) is 5.75 Å². The summed E-state index contributed by atoms with van der Waals surface area (Å²) >= 11 is 0. The standard InChI is InChI=1S/C18H21NO4/c1-19(12-13-8-6-5-7-9-13)18(20)14-10-11-15(21-2)17(23-4)16(14)22-3/h5-11H,12H2,1-4H3. The van der Waals surface area contributed by atoms with Gasteiger partial charge in [-0.15, -0.1) is 0 Å². The molecule has 0 aliphatic carbocycles. The second kappa shape index (κ2) is 7.54. The van der Waals surface area contributed by atoms with Crippen molar-refractivity contribution >= 4 is 5.91 Å². The smallest absolute Gasteiger partial charge is 0.257 e. The van der Waals surface area contributed by atoms with Gasteiger partial charge in [-0.25, -0.2) is 0 Å². The Hall–Kier alpha value is -2.69. The van der Waals surface area contributed by atoms with Gasteiger partial charge in [0.05, 0.1) is 26.9 Å². The van der Waals surface area contributed by atoms with Gasteiger partial charge >= 0.3 is 0 Å². The minimum atomic E-state index is -0.147. The van der Waals surface area contributed by atoms with Crippen molar-refractivity contribution in [2.75, 3.05) is 28.4 Å². The van der Waals surface area contributed by atoms with Crippen LogP contribution < -0.4 is 14.2 Å². The lowest BCUT2D eigenvalue weighted by Crippen LogP contribution is -2.26. The fourth-order valence-corrected chi connectivity index (χ4v) is 2.40. The summed E-state index contributed by atoms with van der Waals surface area (Å²) in [5.41, 5.74) is 1.49. The van der Waals surface area contributed by atoms with Crippen LogP contribution in [0.4, 0.5) is 0 Å². The molecule has 0 spiro atoms. The molecule has 5 nitrogen and oxygen atoms in total. The Bertz CT molecular complexity index is 670. The number of methoxy groups -OCH3 is 3. The molecule has 0 radical (unpaired) electrons. The van der Waals surface area contributed by atoms with E-state index in [0.717, 1.165) is 5.56 Å². The summed E-state index contributed by atoms with van der Waals surface area (Å²) in [6, 6.07) is 13.2. The highest BCUT2D eigenvalue weighted by Crippen LogP contribution is 2.40. The lowest BCUT2D eigenvalue weighted by atomic mass is 10.1. The molecule has 0 aromatic heterocycles. The second-order valence-corrected chi connectivity index (χ2v) is 5.03. The fourth-order valence-electron chi connectivity index (χ4n) is 2.40. The Labute approximate surface area is 136 Å². The van der Waals surface area contributed by atoms with Crippen molar-refractivity contribution in [2.45, 2.75) is 6.54 Å². The molecule has 122 valence electrons. The first-order valence-corrected chi connectivity index (χ1v) is 7.20. The van der Waals surface area contributed by atoms with Crippen LogP contribution in [-0.4, -0.2) is 39.2 Å². The van der Waals surface area contributed by atoms with Gasteiger partial charge in [-0.1, -0.05) is 30.3 Å². The van der Waals surface area contributed by atoms with E-state index in [0.29, 0.717) is 29.4 Å². The van der Waals surface area contributed by atoms with E-state index in [1.807, 2.05) is 30.3 Å². The number of ether oxygens (including phenoxy) is 3. The van der Waals surface area contributed by atoms with Crippen molar-refractivity contribution in [1.29, 1.82) is 0 Å². The number of nitrogens with zero attached hydrogens (tertiary/aromatic N) is 1. The third-order valence-electron chi connectivity index (χ3n) is 3.54. The van der Waals surface area contributed by atoms with Crippen LogP contribution in [0, 0.1) is 0 Å². The van der Waals surface area contributed by atoms with Gasteiger partial charge in [-0.2, -0.15) is 0 Å². The Morgan fingerprint density at radius 2 is 1.57 bits per heavy atom. The maximum absolute atomic E-state index is 12.7. The predicted molar refractivity (Wildman–Crippen MR) is 88.3 cm³/mol. The lowest BCUT2D eigenvalue weighted by Gasteiger charge is -2.20. The minimum Gasteiger partial charge on any atom is -0.493 e. The lowest BCUT2D eigenvalue weighted by molar-refractivity contribution is 0.0781. The third-order valence-corrected chi connectivity index (χ3v) is 3.54. The van der Waals surface area contributed by atoms with Crippen LogP contribution in [-0.2, 0) is 6.54 Å². The summed E-state index contributed by atoms with van der Waals surface area (Å²) in [6.45, 7) is 0.511. The van der Waals surface area contributed by atoms with Crippen LogP contribution in [0.25, 0.3) is 0 Å². The summed E-state index contributed by atoms with van der Waals surface area (Å²) in [7, 11) is 6.32. The molecule has 0 aliphatic rings. The van der Waals surface area contributed by atoms with Crippen molar-refractivity contribution < 1.29 is 19.0 Å². The van der Waals surface area contributed by atoms with Gasteiger partial charge in [0.25, 0.3) is 5.91 Å². The second-order valence-electron chi connectivity index (χ2n) is 5.03. The van der Waals surface area contributed by atoms with Crippen LogP contribution in [0.2, 0.25) is 0 Å². The molecule has 2 aromatic rings. The Morgan fingerprint density at radius 3 is 2.13 bits per heavy atom. The van der Waals surface area contributed by atoms with Crippen LogP contribution in [0.1, 0.15) is 15.9 Å². The average Bonchev–Trinajstić information content (AvgIpc) is 2.60. The Balaban J connectivity index is 2.31. The third kappa shape index (κ3) is 3.56. The van der Waals surface area contributed by atoms with Gasteiger partial charge in [-0.05, 0) is 17.7 Å². The summed E-state index contributed by atoms with van der Waals surface area (Å²) in [6.07, 6.45) is 0. The van der Waals surface area contributed by atoms with Crippen molar-refractivity contribution in [3.8, 4) is 17.2 Å². The molecule has 0 heterocycles. The van der Waals surface area contributed by atoms with Crippen LogP contribution in [0.3, 0.4) is 0 Å². The Morgan fingerprint density at radius 1 is 0.913 bits per heavy atom. The molecule has 1 amide bonds. The molecular formula is C18H21NO4. The van der Waals surface area contributed by atoms with Gasteiger partial charge in [0.1, 0.15) is 0 Å². The number of amides is 1. The van der Waals surface area contributed by atoms with Gasteiger partial charge in [0, 0.05) is 13.6 Å². The SMILES string of the molecule is COc1ccc(C(=O)N(C)Cc2ccccc2)c(OC)c1OC. The summed E-state index contributed by atoms with van der Waals surface area (Å²) in [5.74, 6) is 1.16. The van der Waals surface area contributed by atoms with Crippen LogP contribution in [0.15, 0.2) is 42.5 Å². The maximum Gasteiger partial charge on any atom is 0.257 e. The molecule has 0 unspecified atom stereocenters. The molecule has 0 aliphatic heterocycles. The molecule has 0 fully saturated rings. The first kappa shape index (κ1) is 16.7. The number of carbonyl (C=O) groups is 1. The average molecular weight is 315 g/mol. The van der Waals surface area contributed by atoms with E-state index in [1.165, 1.54) is 14.2 Å². The molecular weight excluding hydrogens is 294 g/mol. The highest BCUT2D eigenvalue weighted by Gasteiger charge is 2.22. The predicted octanol–water partition coefficient (Wildman–Crippen LogP) is 2.98. The van der Waals surface area contributed by atoms with E-state index >= 15 is 0 Å². The van der Waals surface area contributed by atoms with Gasteiger partial charge in [0.15, 0.2) is 11.5 Å². The first-order valence-electron chi connectivity index (χ1n) is 7.20. The first-order chi connectivity index (χ1) is 11.1. The maximum atomic E-state index is 12.7. The molecule has 0 saturated carbocycles. The number of hydrogen-bond donors (Lipinski definition) is 0. The van der Waals surface area contributed by atoms with Crippen molar-refractivity contribution in [1.82, 2.24) is 4.90 Å². The van der Waals surface area contributed by atoms with E-state index in [9.17, 15) is 4.79 Å². The molecule has 0 saturated heterocycles. The zero-order valence-corrected chi connectivity index (χ0v) is 13.8. The van der Waals surface area contributed by atoms with Crippen molar-refractivity contribution in [3.63, 3.8) is 0 Å². The fraction of sp³-hybridized carbons (Fsp3) is 0.278. The zero-order valence-electron chi connectivity index (χ0n) is 13.8. The number of hydrogen-bond acceptors (Lipinski definition) is 4. The van der Waals surface area contributed by atoms with E-state index < -0.39 is 0 Å². The van der Waals surface area contributed by atoms with E-state index in [1.54, 1.807) is 31.2 Å². The number of rotatable bonds is 6. The number of benzene rings is 2. The summed E-state index contributed by atoms with van der Waals surface area (Å²) in [5, 5.41) is 0. The largest absolute Gasteiger partial charge is 0.493 e. The van der Waals surface area contributed by atoms with Crippen LogP contribution in [0.5, 0.6) is 17.2 Å². The molecule has 0 bridgehead atoms. The highest BCUT2D eigenvalue weighted by atomic mass is 16.5. The molecule has 2 rings (SSSR count). The topological polar surface area (TPSA) is 48.0 Å². The molecule has 0 N–H and O–H groups in total. The molecule has 5 heteroatoms. The van der Waals surface area contributed by atoms with Crippen LogP contribution >= 0.6 is 0 Å². The molecule has 23 heavy (non-hydrogen) atoms. The van der Waals surface area contributed by atoms with Gasteiger partial charge < -0.3 is 19.1 Å². The molecule has 2 aromatic carbocycles. The highest BCUT2D eigenvalue weighted by molar-refractivity contribution is 5.98. The zero-order chi connectivity index (χ0) is 16.8. The van der Waals surface area contributed by atoms with Crippen molar-refractivity contribution in [3.05, 3.63) is 53.6 Å².